The van der Waals surface area contributed by atoms with E-state index >= 15 is 4.39 Å². The lowest BCUT2D eigenvalue weighted by Gasteiger charge is -2.28. The third-order valence-electron chi connectivity index (χ3n) is 5.59. The fourth-order valence-electron chi connectivity index (χ4n) is 3.91. The highest BCUT2D eigenvalue weighted by Gasteiger charge is 2.40. The number of nitrogens with zero attached hydrogens (tertiary/aromatic N) is 5. The number of ether oxygens (including phenoxy) is 1. The number of rotatable bonds is 8. The molecule has 0 bridgehead atoms. The third kappa shape index (κ3) is 4.79. The van der Waals surface area contributed by atoms with Crippen molar-refractivity contribution in [3.63, 3.8) is 0 Å². The van der Waals surface area contributed by atoms with Gasteiger partial charge in [0.2, 0.25) is 0 Å². The molecule has 0 aliphatic carbocycles. The smallest absolute Gasteiger partial charge is 0.259 e. The average molecular weight is 509 g/mol. The molecule has 1 aliphatic heterocycles. The van der Waals surface area contributed by atoms with Gasteiger partial charge in [-0.05, 0) is 29.8 Å². The lowest BCUT2D eigenvalue weighted by Crippen LogP contribution is -2.42. The van der Waals surface area contributed by atoms with Crippen LogP contribution in [0.1, 0.15) is 28.8 Å². The van der Waals surface area contributed by atoms with Crippen molar-refractivity contribution in [2.24, 2.45) is 21.5 Å². The monoisotopic (exact) mass is 508 g/mol. The van der Waals surface area contributed by atoms with Gasteiger partial charge in [0.25, 0.3) is 5.91 Å². The maximum absolute atomic E-state index is 15.1. The first-order chi connectivity index (χ1) is 17.3. The Labute approximate surface area is 211 Å². The first-order valence-corrected chi connectivity index (χ1v) is 11.1. The van der Waals surface area contributed by atoms with Crippen molar-refractivity contribution >= 4 is 35.6 Å². The SMILES string of the molecule is COCC(c1ccc(Cl)c(C(N)=NC=N)c1)N1C(=O)C(c2ccc(-c3ncccn3)cc2F)N=C1N. The van der Waals surface area contributed by atoms with Crippen LogP contribution >= 0.6 is 11.6 Å². The minimum atomic E-state index is -1.17. The zero-order valence-corrected chi connectivity index (χ0v) is 19.9. The van der Waals surface area contributed by atoms with E-state index in [2.05, 4.69) is 20.0 Å². The molecule has 36 heavy (non-hydrogen) atoms. The number of methoxy groups -OCH3 is 1. The maximum atomic E-state index is 15.1. The zero-order valence-electron chi connectivity index (χ0n) is 19.1. The van der Waals surface area contributed by atoms with Crippen LogP contribution in [-0.2, 0) is 9.53 Å². The number of hydrogen-bond acceptors (Lipinski definition) is 7. The number of nitrogens with one attached hydrogen (secondary N) is 1. The predicted molar refractivity (Wildman–Crippen MR) is 134 cm³/mol. The van der Waals surface area contributed by atoms with Crippen LogP contribution < -0.4 is 11.5 Å². The van der Waals surface area contributed by atoms with Crippen LogP contribution in [0, 0.1) is 11.2 Å². The Morgan fingerprint density at radius 1 is 1.31 bits per heavy atom. The number of guanidine groups is 1. The summed E-state index contributed by atoms with van der Waals surface area (Å²) in [5.74, 6) is -0.849. The second-order valence-corrected chi connectivity index (χ2v) is 8.17. The van der Waals surface area contributed by atoms with E-state index in [1.54, 1.807) is 42.7 Å². The van der Waals surface area contributed by atoms with E-state index in [-0.39, 0.29) is 24.0 Å². The topological polar surface area (TPSA) is 156 Å². The average Bonchev–Trinajstić information content (AvgIpc) is 3.16. The molecule has 1 aliphatic rings. The molecule has 2 atom stereocenters. The summed E-state index contributed by atoms with van der Waals surface area (Å²) in [5.41, 5.74) is 13.6. The molecule has 0 fully saturated rings. The van der Waals surface area contributed by atoms with Gasteiger partial charge >= 0.3 is 0 Å². The van der Waals surface area contributed by atoms with Crippen LogP contribution in [0.5, 0.6) is 0 Å². The number of carbonyl (C=O) groups is 1. The van der Waals surface area contributed by atoms with Gasteiger partial charge in [0.1, 0.15) is 18.0 Å². The van der Waals surface area contributed by atoms with Crippen molar-refractivity contribution in [2.75, 3.05) is 13.7 Å². The second kappa shape index (κ2) is 10.6. The van der Waals surface area contributed by atoms with E-state index in [0.717, 1.165) is 6.34 Å². The summed E-state index contributed by atoms with van der Waals surface area (Å²) in [6, 6.07) is 9.06. The number of amides is 1. The predicted octanol–water partition coefficient (Wildman–Crippen LogP) is 2.83. The van der Waals surface area contributed by atoms with Gasteiger partial charge in [0.05, 0.1) is 17.7 Å². The van der Waals surface area contributed by atoms with E-state index in [9.17, 15) is 4.79 Å². The van der Waals surface area contributed by atoms with Crippen molar-refractivity contribution in [1.82, 2.24) is 14.9 Å². The number of aromatic nitrogens is 2. The summed E-state index contributed by atoms with van der Waals surface area (Å²) < 4.78 is 20.5. The highest BCUT2D eigenvalue weighted by atomic mass is 35.5. The standard InChI is InChI=1S/C24H22ClFN8O2/c1-36-11-19(13-4-6-17(25)16(9-13)21(28)32-12-27)34-23(35)20(33-24(34)29)15-5-3-14(10-18(15)26)22-30-7-2-8-31-22/h2-10,12,19-20H,11H2,1H3,(H2,29,33)(H3,27,28,32). The van der Waals surface area contributed by atoms with E-state index in [1.807, 2.05) is 0 Å². The lowest BCUT2D eigenvalue weighted by atomic mass is 10.0. The molecule has 1 aromatic heterocycles. The Balaban J connectivity index is 1.68. The molecule has 2 unspecified atom stereocenters. The number of benzene rings is 2. The third-order valence-corrected chi connectivity index (χ3v) is 5.92. The molecule has 2 heterocycles. The van der Waals surface area contributed by atoms with E-state index in [1.165, 1.54) is 24.1 Å². The van der Waals surface area contributed by atoms with Gasteiger partial charge in [-0.25, -0.2) is 24.3 Å². The largest absolute Gasteiger partial charge is 0.383 e. The Hall–Kier alpha value is -4.22. The van der Waals surface area contributed by atoms with E-state index < -0.39 is 23.8 Å². The molecule has 0 saturated carbocycles. The molecule has 1 amide bonds. The maximum Gasteiger partial charge on any atom is 0.259 e. The summed E-state index contributed by atoms with van der Waals surface area (Å²) in [6.45, 7) is 0.0597. The van der Waals surface area contributed by atoms with Gasteiger partial charge in [-0.2, -0.15) is 0 Å². The number of aliphatic imine (C=N–C) groups is 2. The highest BCUT2D eigenvalue weighted by molar-refractivity contribution is 6.34. The number of halogens is 2. The normalized spacial score (nSPS) is 16.7. The Bertz CT molecular complexity index is 1370. The molecule has 2 aromatic carbocycles. The molecule has 0 radical (unpaired) electrons. The van der Waals surface area contributed by atoms with E-state index in [0.29, 0.717) is 27.5 Å². The molecule has 0 saturated heterocycles. The summed E-state index contributed by atoms with van der Waals surface area (Å²) >= 11 is 6.26. The van der Waals surface area contributed by atoms with Gasteiger partial charge in [0.15, 0.2) is 17.8 Å². The van der Waals surface area contributed by atoms with Gasteiger partial charge in [-0.1, -0.05) is 29.8 Å². The molecular formula is C24H22ClFN8O2. The van der Waals surface area contributed by atoms with Crippen molar-refractivity contribution in [3.8, 4) is 11.4 Å². The first-order valence-electron chi connectivity index (χ1n) is 10.7. The van der Waals surface area contributed by atoms with Crippen LogP contribution in [0.3, 0.4) is 0 Å². The Kier molecular flexibility index (Phi) is 7.32. The Morgan fingerprint density at radius 3 is 2.72 bits per heavy atom. The van der Waals surface area contributed by atoms with Crippen LogP contribution in [0.25, 0.3) is 11.4 Å². The Morgan fingerprint density at radius 2 is 2.06 bits per heavy atom. The van der Waals surface area contributed by atoms with Crippen molar-refractivity contribution in [3.05, 3.63) is 82.4 Å². The lowest BCUT2D eigenvalue weighted by molar-refractivity contribution is -0.130. The molecule has 184 valence electrons. The summed E-state index contributed by atoms with van der Waals surface area (Å²) in [5, 5.41) is 7.47. The zero-order chi connectivity index (χ0) is 25.8. The van der Waals surface area contributed by atoms with Gasteiger partial charge in [-0.15, -0.1) is 0 Å². The number of amidine groups is 1. The van der Waals surface area contributed by atoms with Gasteiger partial charge in [-0.3, -0.25) is 15.1 Å². The minimum Gasteiger partial charge on any atom is -0.383 e. The van der Waals surface area contributed by atoms with Crippen LogP contribution in [0.15, 0.2) is 64.8 Å². The van der Waals surface area contributed by atoms with Gasteiger partial charge < -0.3 is 16.2 Å². The highest BCUT2D eigenvalue weighted by Crippen LogP contribution is 2.35. The number of hydrogen-bond donors (Lipinski definition) is 3. The van der Waals surface area contributed by atoms with E-state index in [4.69, 9.17) is 33.2 Å². The quantitative estimate of drug-likeness (QED) is 0.314. The molecule has 5 N–H and O–H groups in total. The molecular weight excluding hydrogens is 487 g/mol. The fraction of sp³-hybridized carbons (Fsp3) is 0.167. The molecule has 4 rings (SSSR count). The van der Waals surface area contributed by atoms with Crippen LogP contribution in [-0.4, -0.2) is 52.6 Å². The van der Waals surface area contributed by atoms with Crippen molar-refractivity contribution in [2.45, 2.75) is 12.1 Å². The first kappa shape index (κ1) is 24.9. The fourth-order valence-corrected chi connectivity index (χ4v) is 4.12. The van der Waals surface area contributed by atoms with Crippen LogP contribution in [0.2, 0.25) is 5.02 Å². The summed E-state index contributed by atoms with van der Waals surface area (Å²) in [6.07, 6.45) is 3.91. The minimum absolute atomic E-state index is 0.0323. The van der Waals surface area contributed by atoms with Crippen LogP contribution in [0.4, 0.5) is 4.39 Å². The second-order valence-electron chi connectivity index (χ2n) is 7.76. The molecule has 0 spiro atoms. The molecule has 3 aromatic rings. The molecule has 10 nitrogen and oxygen atoms in total. The van der Waals surface area contributed by atoms with Gasteiger partial charge in [0, 0.05) is 36.2 Å². The summed E-state index contributed by atoms with van der Waals surface area (Å²) in [7, 11) is 1.48. The number of carbonyl (C=O) groups excluding carboxylic acids is 1. The van der Waals surface area contributed by atoms with Crippen molar-refractivity contribution in [1.29, 1.82) is 5.41 Å². The van der Waals surface area contributed by atoms with Crippen molar-refractivity contribution < 1.29 is 13.9 Å². The summed E-state index contributed by atoms with van der Waals surface area (Å²) in [4.78, 5) is 31.0. The molecule has 12 heteroatoms. The number of nitrogens with two attached hydrogens (primary N) is 2.